The Hall–Kier alpha value is -4.42. The molecule has 5 rings (SSSR count). The first-order valence-electron chi connectivity index (χ1n) is 11.6. The molecule has 41 heavy (non-hydrogen) atoms. The number of carbonyl (C=O) groups excluding carboxylic acids is 3. The number of aromatic amines is 2. The molecule has 0 saturated carbocycles. The number of hydrogen-bond donors (Lipinski definition) is 5. The molecular formula is C22H19ClN8O8S2. The molecule has 0 bridgehead atoms. The molecule has 0 spiro atoms. The van der Waals surface area contributed by atoms with Crippen LogP contribution in [0, 0.1) is 0 Å². The number of carboxylic acids is 2. The van der Waals surface area contributed by atoms with Gasteiger partial charge in [-0.3, -0.25) is 14.5 Å². The molecule has 19 heteroatoms. The first kappa shape index (κ1) is 28.1. The lowest BCUT2D eigenvalue weighted by molar-refractivity contribution is -0.687. The van der Waals surface area contributed by atoms with Crippen molar-refractivity contribution in [1.82, 2.24) is 25.2 Å². The highest BCUT2D eigenvalue weighted by Gasteiger charge is 2.53. The average molecular weight is 623 g/mol. The van der Waals surface area contributed by atoms with Crippen LogP contribution in [-0.4, -0.2) is 77.7 Å². The summed E-state index contributed by atoms with van der Waals surface area (Å²) in [5.41, 5.74) is 5.72. The van der Waals surface area contributed by atoms with Crippen molar-refractivity contribution in [2.75, 3.05) is 11.5 Å². The van der Waals surface area contributed by atoms with Crippen LogP contribution in [0.1, 0.15) is 12.6 Å². The Morgan fingerprint density at radius 1 is 1.39 bits per heavy atom. The van der Waals surface area contributed by atoms with Crippen LogP contribution in [0.4, 0.5) is 5.13 Å². The molecule has 0 aliphatic carbocycles. The minimum absolute atomic E-state index is 0.00154. The highest BCUT2D eigenvalue weighted by Crippen LogP contribution is 2.40. The van der Waals surface area contributed by atoms with Gasteiger partial charge in [0.15, 0.2) is 29.8 Å². The minimum Gasteiger partial charge on any atom is -0.543 e. The van der Waals surface area contributed by atoms with Crippen LogP contribution in [0.3, 0.4) is 0 Å². The highest BCUT2D eigenvalue weighted by molar-refractivity contribution is 8.00. The second-order valence-electron chi connectivity index (χ2n) is 8.82. The molecule has 0 radical (unpaired) electrons. The SMILES string of the molecule is C[C@H](O/N=C(\C(=O)N[C@@H]1C(=O)N2C(C(=O)[O-])=C(C[n+]3ccc4[nH]c(=O)[nH]c4c3)CSC12)c1nc(N)sc1Cl)C(=O)O. The Morgan fingerprint density at radius 3 is 2.78 bits per heavy atom. The molecule has 0 aromatic carbocycles. The van der Waals surface area contributed by atoms with Crippen molar-refractivity contribution < 1.29 is 38.8 Å². The van der Waals surface area contributed by atoms with E-state index in [1.807, 2.05) is 0 Å². The molecule has 214 valence electrons. The lowest BCUT2D eigenvalue weighted by Crippen LogP contribution is -2.71. The Bertz CT molecular complexity index is 1730. The summed E-state index contributed by atoms with van der Waals surface area (Å²) in [6.45, 7) is 1.27. The van der Waals surface area contributed by atoms with E-state index in [2.05, 4.69) is 25.4 Å². The number of imidazole rings is 1. The normalized spacial score (nSPS) is 19.5. The van der Waals surface area contributed by atoms with Gasteiger partial charge < -0.3 is 40.9 Å². The summed E-state index contributed by atoms with van der Waals surface area (Å²) in [7, 11) is 0. The maximum Gasteiger partial charge on any atom is 0.347 e. The number of rotatable bonds is 9. The molecule has 5 heterocycles. The second kappa shape index (κ2) is 10.9. The van der Waals surface area contributed by atoms with Crippen LogP contribution in [0.2, 0.25) is 4.34 Å². The van der Waals surface area contributed by atoms with Crippen LogP contribution >= 0.6 is 34.7 Å². The molecule has 6 N–H and O–H groups in total. The number of hydrogen-bond acceptors (Lipinski definition) is 12. The van der Waals surface area contributed by atoms with E-state index >= 15 is 0 Å². The molecule has 1 unspecified atom stereocenters. The van der Waals surface area contributed by atoms with Crippen LogP contribution < -0.4 is 26.4 Å². The van der Waals surface area contributed by atoms with Crippen molar-refractivity contribution in [2.24, 2.45) is 5.16 Å². The number of nitrogens with one attached hydrogen (secondary N) is 3. The number of aliphatic carboxylic acids is 2. The number of thioether (sulfide) groups is 1. The van der Waals surface area contributed by atoms with Crippen molar-refractivity contribution in [3.05, 3.63) is 50.2 Å². The van der Waals surface area contributed by atoms with E-state index in [1.54, 1.807) is 23.0 Å². The van der Waals surface area contributed by atoms with Gasteiger partial charge in [-0.25, -0.2) is 14.6 Å². The summed E-state index contributed by atoms with van der Waals surface area (Å²) in [6.07, 6.45) is 1.84. The van der Waals surface area contributed by atoms with Gasteiger partial charge in [0.2, 0.25) is 6.10 Å². The third-order valence-electron chi connectivity index (χ3n) is 6.11. The molecule has 3 aromatic rings. The Balaban J connectivity index is 1.37. The first-order valence-corrected chi connectivity index (χ1v) is 13.9. The summed E-state index contributed by atoms with van der Waals surface area (Å²) in [5, 5.41) is 26.5. The van der Waals surface area contributed by atoms with Gasteiger partial charge >= 0.3 is 11.7 Å². The van der Waals surface area contributed by atoms with Crippen LogP contribution in [-0.2, 0) is 30.6 Å². The molecule has 16 nitrogen and oxygen atoms in total. The topological polar surface area (TPSA) is 240 Å². The predicted octanol–water partition coefficient (Wildman–Crippen LogP) is -1.87. The number of pyridine rings is 1. The fourth-order valence-electron chi connectivity index (χ4n) is 4.18. The third-order valence-corrected chi connectivity index (χ3v) is 8.53. The molecule has 1 saturated heterocycles. The van der Waals surface area contributed by atoms with Crippen molar-refractivity contribution >= 4 is 80.3 Å². The number of carbonyl (C=O) groups is 4. The zero-order valence-corrected chi connectivity index (χ0v) is 23.1. The number of thiazole rings is 1. The monoisotopic (exact) mass is 622 g/mol. The molecule has 2 aliphatic rings. The summed E-state index contributed by atoms with van der Waals surface area (Å²) >= 11 is 8.18. The van der Waals surface area contributed by atoms with Gasteiger partial charge in [-0.15, -0.1) is 11.8 Å². The Labute approximate surface area is 241 Å². The van der Waals surface area contributed by atoms with Crippen LogP contribution in [0.5, 0.6) is 0 Å². The maximum atomic E-state index is 13.2. The molecule has 2 amide bonds. The summed E-state index contributed by atoms with van der Waals surface area (Å²) < 4.78 is 1.63. The molecule has 3 atom stereocenters. The smallest absolute Gasteiger partial charge is 0.347 e. The van der Waals surface area contributed by atoms with Crippen molar-refractivity contribution in [3.63, 3.8) is 0 Å². The van der Waals surface area contributed by atoms with Crippen molar-refractivity contribution in [3.8, 4) is 0 Å². The Kier molecular flexibility index (Phi) is 7.45. The van der Waals surface area contributed by atoms with Crippen LogP contribution in [0.15, 0.2) is 39.7 Å². The van der Waals surface area contributed by atoms with E-state index in [0.717, 1.165) is 16.2 Å². The molecule has 3 aromatic heterocycles. The van der Waals surface area contributed by atoms with Gasteiger partial charge in [0.1, 0.15) is 27.0 Å². The molecule has 2 aliphatic heterocycles. The van der Waals surface area contributed by atoms with Crippen molar-refractivity contribution in [1.29, 1.82) is 0 Å². The molecular weight excluding hydrogens is 604 g/mol. The van der Waals surface area contributed by atoms with Crippen molar-refractivity contribution in [2.45, 2.75) is 31.0 Å². The average Bonchev–Trinajstić information content (AvgIpc) is 3.45. The number of nitrogens with zero attached hydrogens (tertiary/aromatic N) is 4. The van der Waals surface area contributed by atoms with Gasteiger partial charge in [-0.05, 0) is 6.92 Å². The number of anilines is 1. The largest absolute Gasteiger partial charge is 0.543 e. The third kappa shape index (κ3) is 5.35. The number of fused-ring (bicyclic) bond motifs is 2. The lowest BCUT2D eigenvalue weighted by Gasteiger charge is -2.50. The van der Waals surface area contributed by atoms with E-state index in [4.69, 9.17) is 27.3 Å². The summed E-state index contributed by atoms with van der Waals surface area (Å²) in [6, 6.07) is 0.489. The number of nitrogens with two attached hydrogens (primary N) is 1. The van der Waals surface area contributed by atoms with Gasteiger partial charge in [-0.2, -0.15) is 4.57 Å². The highest BCUT2D eigenvalue weighted by atomic mass is 35.5. The minimum atomic E-state index is -1.57. The standard InChI is InChI=1S/C22H19ClN8O8S2/c1-7(19(34)35)39-29-12(11-15(23)41-21(24)28-11)16(32)27-13-17(33)31-14(20(36)37)8(6-40-18(13)31)4-30-3-2-9-10(5-30)26-22(38)25-9/h2-3,5,7,13,18H,4,6H2,1H3,(H6,24,26,27,28,32,34,35,36,37,38)/b29-12-/t7-,13+,18?/m0/s1. The number of halogens is 1. The maximum absolute atomic E-state index is 13.2. The van der Waals surface area contributed by atoms with Gasteiger partial charge in [0.05, 0.1) is 17.2 Å². The number of carboxylic acid groups (broad SMARTS) is 2. The van der Waals surface area contributed by atoms with Crippen LogP contribution in [0.25, 0.3) is 11.0 Å². The fraction of sp³-hybridized carbons (Fsp3) is 0.273. The fourth-order valence-corrected chi connectivity index (χ4v) is 6.44. The van der Waals surface area contributed by atoms with Gasteiger partial charge in [0, 0.05) is 17.4 Å². The summed E-state index contributed by atoms with van der Waals surface area (Å²) in [5.74, 6) is -4.41. The summed E-state index contributed by atoms with van der Waals surface area (Å²) in [4.78, 5) is 76.2. The van der Waals surface area contributed by atoms with Gasteiger partial charge in [-0.1, -0.05) is 28.1 Å². The van der Waals surface area contributed by atoms with E-state index in [1.165, 1.54) is 18.7 Å². The van der Waals surface area contributed by atoms with Gasteiger partial charge in [0.25, 0.3) is 11.8 Å². The number of β-lactam (4-membered cyclic amide) rings is 1. The number of oxime groups is 1. The van der Waals surface area contributed by atoms with E-state index in [-0.39, 0.29) is 38.8 Å². The lowest BCUT2D eigenvalue weighted by atomic mass is 10.0. The zero-order chi connectivity index (χ0) is 29.6. The number of amides is 2. The van der Waals surface area contributed by atoms with E-state index in [0.29, 0.717) is 16.6 Å². The number of H-pyrrole nitrogens is 2. The van der Waals surface area contributed by atoms with E-state index in [9.17, 15) is 29.1 Å². The number of aromatic nitrogens is 4. The first-order chi connectivity index (χ1) is 19.4. The zero-order valence-electron chi connectivity index (χ0n) is 20.7. The second-order valence-corrected chi connectivity index (χ2v) is 11.6. The number of nitrogen functional groups attached to an aromatic ring is 1. The van der Waals surface area contributed by atoms with E-state index < -0.39 is 47.0 Å². The Morgan fingerprint density at radius 2 is 2.12 bits per heavy atom. The molecule has 1 fully saturated rings. The quantitative estimate of drug-likeness (QED) is 0.0766. The predicted molar refractivity (Wildman–Crippen MR) is 142 cm³/mol.